The van der Waals surface area contributed by atoms with Crippen molar-refractivity contribution in [3.05, 3.63) is 11.6 Å². The van der Waals surface area contributed by atoms with E-state index in [0.717, 1.165) is 48.3 Å². The SMILES string of the molecule is CC(C)CCC[C@@H](C)CCC[C@H]1[C@H]2CC=C3C[C@@H](O)CC[C@]3(C)[C@@H]2CC[C@H]1C. The first kappa shape index (κ1) is 22.4. The Morgan fingerprint density at radius 2 is 1.82 bits per heavy atom. The van der Waals surface area contributed by atoms with Crippen molar-refractivity contribution in [1.29, 1.82) is 0 Å². The number of hydrogen-bond donors (Lipinski definition) is 1. The summed E-state index contributed by atoms with van der Waals surface area (Å²) in [5.41, 5.74) is 2.00. The number of allylic oxidation sites excluding steroid dienone is 1. The predicted molar refractivity (Wildman–Crippen MR) is 121 cm³/mol. The summed E-state index contributed by atoms with van der Waals surface area (Å²) in [6, 6.07) is 0. The fourth-order valence-corrected chi connectivity index (χ4v) is 7.18. The lowest BCUT2D eigenvalue weighted by atomic mass is 9.50. The molecular weight excluding hydrogens is 340 g/mol. The van der Waals surface area contributed by atoms with Gasteiger partial charge in [0.15, 0.2) is 0 Å². The summed E-state index contributed by atoms with van der Waals surface area (Å²) in [4.78, 5) is 0. The lowest BCUT2D eigenvalue weighted by Crippen LogP contribution is -2.47. The normalized spacial score (nSPS) is 39.2. The molecule has 3 rings (SSSR count). The molecule has 3 aliphatic rings. The van der Waals surface area contributed by atoms with Crippen LogP contribution in [-0.2, 0) is 0 Å². The molecule has 7 atom stereocenters. The van der Waals surface area contributed by atoms with Gasteiger partial charge >= 0.3 is 0 Å². The molecule has 2 saturated carbocycles. The van der Waals surface area contributed by atoms with E-state index >= 15 is 0 Å². The Kier molecular flexibility index (Phi) is 7.73. The van der Waals surface area contributed by atoms with Gasteiger partial charge in [-0.15, -0.1) is 0 Å². The number of fused-ring (bicyclic) bond motifs is 3. The van der Waals surface area contributed by atoms with Gasteiger partial charge in [-0.3, -0.25) is 0 Å². The quantitative estimate of drug-likeness (QED) is 0.421. The van der Waals surface area contributed by atoms with Crippen LogP contribution in [0.3, 0.4) is 0 Å². The Hall–Kier alpha value is -0.300. The zero-order valence-corrected chi connectivity index (χ0v) is 19.6. The zero-order chi connectivity index (χ0) is 20.3. The fraction of sp³-hybridized carbons (Fsp3) is 0.926. The maximum absolute atomic E-state index is 10.2. The van der Waals surface area contributed by atoms with Gasteiger partial charge in [0.25, 0.3) is 0 Å². The third-order valence-electron chi connectivity index (χ3n) is 9.08. The van der Waals surface area contributed by atoms with Crippen molar-refractivity contribution in [1.82, 2.24) is 0 Å². The molecule has 0 aromatic carbocycles. The van der Waals surface area contributed by atoms with Crippen LogP contribution in [0.1, 0.15) is 112 Å². The van der Waals surface area contributed by atoms with Crippen LogP contribution < -0.4 is 0 Å². The lowest BCUT2D eigenvalue weighted by Gasteiger charge is -2.55. The minimum Gasteiger partial charge on any atom is -0.393 e. The van der Waals surface area contributed by atoms with Gasteiger partial charge in [-0.05, 0) is 79.4 Å². The maximum atomic E-state index is 10.2. The molecule has 0 spiro atoms. The van der Waals surface area contributed by atoms with E-state index < -0.39 is 0 Å². The summed E-state index contributed by atoms with van der Waals surface area (Å²) < 4.78 is 0. The Balaban J connectivity index is 1.55. The maximum Gasteiger partial charge on any atom is 0.0577 e. The van der Waals surface area contributed by atoms with E-state index in [1.165, 1.54) is 64.2 Å². The molecule has 3 aliphatic carbocycles. The van der Waals surface area contributed by atoms with E-state index in [9.17, 15) is 5.11 Å². The largest absolute Gasteiger partial charge is 0.393 e. The molecule has 1 nitrogen and oxygen atoms in total. The standard InChI is InChI=1S/C27H48O/c1-19(2)8-6-9-20(3)10-7-11-24-21(4)12-15-26-25(24)14-13-22-18-23(28)16-17-27(22,26)5/h13,19-21,23-26,28H,6-12,14-18H2,1-5H3/t20-,21-,23+,24-,25-,26-,27+/m1/s1. The summed E-state index contributed by atoms with van der Waals surface area (Å²) in [5, 5.41) is 10.2. The van der Waals surface area contributed by atoms with Crippen molar-refractivity contribution >= 4 is 0 Å². The Morgan fingerprint density at radius 3 is 2.57 bits per heavy atom. The van der Waals surface area contributed by atoms with Crippen molar-refractivity contribution in [2.45, 2.75) is 118 Å². The lowest BCUT2D eigenvalue weighted by molar-refractivity contribution is -0.0139. The molecule has 2 fully saturated rings. The first-order valence-electron chi connectivity index (χ1n) is 12.7. The fourth-order valence-electron chi connectivity index (χ4n) is 7.18. The molecule has 1 N–H and O–H groups in total. The van der Waals surface area contributed by atoms with Gasteiger partial charge < -0.3 is 5.11 Å². The second-order valence-electron chi connectivity index (χ2n) is 11.6. The van der Waals surface area contributed by atoms with Gasteiger partial charge in [0.1, 0.15) is 0 Å². The average Bonchev–Trinajstić information content (AvgIpc) is 2.63. The highest BCUT2D eigenvalue weighted by molar-refractivity contribution is 5.24. The molecule has 0 unspecified atom stereocenters. The molecule has 0 aromatic heterocycles. The van der Waals surface area contributed by atoms with E-state index in [4.69, 9.17) is 0 Å². The Bertz CT molecular complexity index is 520. The summed E-state index contributed by atoms with van der Waals surface area (Å²) in [5.74, 6) is 5.39. The van der Waals surface area contributed by atoms with Crippen LogP contribution in [0.2, 0.25) is 0 Å². The van der Waals surface area contributed by atoms with Crippen LogP contribution in [0.25, 0.3) is 0 Å². The van der Waals surface area contributed by atoms with Crippen LogP contribution in [0.5, 0.6) is 0 Å². The van der Waals surface area contributed by atoms with Gasteiger partial charge in [0, 0.05) is 0 Å². The zero-order valence-electron chi connectivity index (χ0n) is 19.6. The van der Waals surface area contributed by atoms with Crippen molar-refractivity contribution in [3.63, 3.8) is 0 Å². The predicted octanol–water partition coefficient (Wildman–Crippen LogP) is 7.78. The molecule has 0 bridgehead atoms. The molecule has 162 valence electrons. The minimum atomic E-state index is -0.0774. The second kappa shape index (κ2) is 9.67. The molecule has 0 saturated heterocycles. The molecular formula is C27H48O. The van der Waals surface area contributed by atoms with Gasteiger partial charge in [-0.2, -0.15) is 0 Å². The van der Waals surface area contributed by atoms with Crippen molar-refractivity contribution in [2.75, 3.05) is 0 Å². The van der Waals surface area contributed by atoms with Crippen LogP contribution >= 0.6 is 0 Å². The number of aliphatic hydroxyl groups is 1. The summed E-state index contributed by atoms with van der Waals surface area (Å²) in [7, 11) is 0. The van der Waals surface area contributed by atoms with Gasteiger partial charge in [0.05, 0.1) is 6.10 Å². The highest BCUT2D eigenvalue weighted by Crippen LogP contribution is 2.59. The van der Waals surface area contributed by atoms with E-state index in [1.807, 2.05) is 0 Å². The average molecular weight is 389 g/mol. The molecule has 0 radical (unpaired) electrons. The molecule has 28 heavy (non-hydrogen) atoms. The Labute approximate surface area is 175 Å². The summed E-state index contributed by atoms with van der Waals surface area (Å²) in [6.07, 6.45) is 18.4. The molecule has 0 heterocycles. The molecule has 0 aromatic rings. The van der Waals surface area contributed by atoms with E-state index in [1.54, 1.807) is 5.57 Å². The highest BCUT2D eigenvalue weighted by Gasteiger charge is 2.50. The van der Waals surface area contributed by atoms with E-state index in [2.05, 4.69) is 40.7 Å². The van der Waals surface area contributed by atoms with Crippen LogP contribution in [0.15, 0.2) is 11.6 Å². The van der Waals surface area contributed by atoms with Crippen LogP contribution in [0.4, 0.5) is 0 Å². The third kappa shape index (κ3) is 5.05. The van der Waals surface area contributed by atoms with Crippen molar-refractivity contribution in [3.8, 4) is 0 Å². The summed E-state index contributed by atoms with van der Waals surface area (Å²) in [6.45, 7) is 12.3. The molecule has 0 aliphatic heterocycles. The Morgan fingerprint density at radius 1 is 1.07 bits per heavy atom. The topological polar surface area (TPSA) is 20.2 Å². The smallest absolute Gasteiger partial charge is 0.0577 e. The second-order valence-corrected chi connectivity index (χ2v) is 11.6. The monoisotopic (exact) mass is 388 g/mol. The van der Waals surface area contributed by atoms with Crippen molar-refractivity contribution < 1.29 is 5.11 Å². The van der Waals surface area contributed by atoms with Crippen LogP contribution in [-0.4, -0.2) is 11.2 Å². The van der Waals surface area contributed by atoms with Gasteiger partial charge in [0.2, 0.25) is 0 Å². The van der Waals surface area contributed by atoms with Gasteiger partial charge in [-0.1, -0.05) is 84.8 Å². The molecule has 0 amide bonds. The van der Waals surface area contributed by atoms with Crippen LogP contribution in [0, 0.1) is 40.9 Å². The van der Waals surface area contributed by atoms with E-state index in [-0.39, 0.29) is 6.10 Å². The molecule has 1 heteroatoms. The number of hydrogen-bond acceptors (Lipinski definition) is 1. The third-order valence-corrected chi connectivity index (χ3v) is 9.08. The van der Waals surface area contributed by atoms with Crippen molar-refractivity contribution in [2.24, 2.45) is 40.9 Å². The van der Waals surface area contributed by atoms with E-state index in [0.29, 0.717) is 5.41 Å². The highest BCUT2D eigenvalue weighted by atomic mass is 16.3. The first-order valence-corrected chi connectivity index (χ1v) is 12.7. The first-order chi connectivity index (χ1) is 13.3. The number of aliphatic hydroxyl groups excluding tert-OH is 1. The van der Waals surface area contributed by atoms with Gasteiger partial charge in [-0.25, -0.2) is 0 Å². The minimum absolute atomic E-state index is 0.0774. The summed E-state index contributed by atoms with van der Waals surface area (Å²) >= 11 is 0. The number of rotatable bonds is 8.